The molecule has 0 saturated carbocycles. The van der Waals surface area contributed by atoms with Crippen LogP contribution < -0.4 is 4.72 Å². The van der Waals surface area contributed by atoms with E-state index in [0.29, 0.717) is 5.56 Å². The third kappa shape index (κ3) is 3.09. The fourth-order valence-corrected chi connectivity index (χ4v) is 4.97. The number of carboxylic acids is 1. The summed E-state index contributed by atoms with van der Waals surface area (Å²) < 4.78 is 26.8. The van der Waals surface area contributed by atoms with E-state index in [1.165, 1.54) is 17.4 Å². The van der Waals surface area contributed by atoms with Crippen molar-refractivity contribution in [3.63, 3.8) is 0 Å². The molecule has 108 valence electrons. The van der Waals surface area contributed by atoms with Crippen LogP contribution in [0, 0.1) is 13.8 Å². The molecule has 0 aliphatic heterocycles. The van der Waals surface area contributed by atoms with Crippen molar-refractivity contribution in [2.45, 2.75) is 24.6 Å². The summed E-state index contributed by atoms with van der Waals surface area (Å²) >= 11 is 2.25. The maximum Gasteiger partial charge on any atom is 0.346 e. The predicted octanol–water partition coefficient (Wildman–Crippen LogP) is 2.60. The van der Waals surface area contributed by atoms with Crippen molar-refractivity contribution in [2.24, 2.45) is 0 Å². The quantitative estimate of drug-likeness (QED) is 0.882. The van der Waals surface area contributed by atoms with Crippen molar-refractivity contribution in [1.82, 2.24) is 4.72 Å². The van der Waals surface area contributed by atoms with Gasteiger partial charge in [0.1, 0.15) is 9.09 Å². The summed E-state index contributed by atoms with van der Waals surface area (Å²) in [5.74, 6) is -1.11. The second kappa shape index (κ2) is 5.65. The van der Waals surface area contributed by atoms with E-state index in [-0.39, 0.29) is 15.6 Å². The molecular formula is C12H13NO4S3. The number of hydrogen-bond donors (Lipinski definition) is 2. The lowest BCUT2D eigenvalue weighted by Crippen LogP contribution is -2.22. The van der Waals surface area contributed by atoms with Crippen LogP contribution in [-0.4, -0.2) is 19.5 Å². The normalized spacial score (nSPS) is 11.7. The molecule has 0 fully saturated rings. The van der Waals surface area contributed by atoms with Crippen LogP contribution in [-0.2, 0) is 16.6 Å². The van der Waals surface area contributed by atoms with Crippen molar-refractivity contribution in [2.75, 3.05) is 0 Å². The van der Waals surface area contributed by atoms with Crippen LogP contribution in [0.25, 0.3) is 0 Å². The molecule has 2 aromatic rings. The van der Waals surface area contributed by atoms with Crippen LogP contribution in [0.2, 0.25) is 0 Å². The zero-order valence-corrected chi connectivity index (χ0v) is 13.3. The number of nitrogens with one attached hydrogen (secondary N) is 1. The number of rotatable bonds is 5. The summed E-state index contributed by atoms with van der Waals surface area (Å²) in [6.07, 6.45) is 0. The maximum atomic E-state index is 12.1. The van der Waals surface area contributed by atoms with Crippen LogP contribution in [0.1, 0.15) is 25.7 Å². The minimum absolute atomic E-state index is 0.0293. The van der Waals surface area contributed by atoms with E-state index in [4.69, 9.17) is 5.11 Å². The van der Waals surface area contributed by atoms with Gasteiger partial charge in [0.2, 0.25) is 10.0 Å². The van der Waals surface area contributed by atoms with Gasteiger partial charge in [-0.25, -0.2) is 17.9 Å². The molecule has 0 aromatic carbocycles. The zero-order chi connectivity index (χ0) is 14.9. The van der Waals surface area contributed by atoms with Crippen molar-refractivity contribution >= 4 is 38.7 Å². The van der Waals surface area contributed by atoms with Gasteiger partial charge in [0, 0.05) is 11.4 Å². The van der Waals surface area contributed by atoms with E-state index in [1.807, 2.05) is 18.4 Å². The van der Waals surface area contributed by atoms with Gasteiger partial charge < -0.3 is 5.11 Å². The monoisotopic (exact) mass is 331 g/mol. The van der Waals surface area contributed by atoms with Gasteiger partial charge in [-0.3, -0.25) is 0 Å². The Labute approximate surface area is 124 Å². The van der Waals surface area contributed by atoms with Gasteiger partial charge in [-0.1, -0.05) is 0 Å². The molecule has 5 nitrogen and oxygen atoms in total. The van der Waals surface area contributed by atoms with Crippen molar-refractivity contribution in [3.8, 4) is 0 Å². The van der Waals surface area contributed by atoms with Crippen LogP contribution in [0.5, 0.6) is 0 Å². The Kier molecular flexibility index (Phi) is 4.28. The molecule has 2 heterocycles. The highest BCUT2D eigenvalue weighted by atomic mass is 32.2. The van der Waals surface area contributed by atoms with E-state index in [1.54, 1.807) is 6.92 Å². The molecule has 0 radical (unpaired) electrons. The Balaban J connectivity index is 2.20. The average Bonchev–Trinajstić information content (AvgIpc) is 2.93. The Hall–Kier alpha value is -1.22. The fourth-order valence-electron chi connectivity index (χ4n) is 1.61. The second-order valence-electron chi connectivity index (χ2n) is 4.23. The summed E-state index contributed by atoms with van der Waals surface area (Å²) in [6.45, 7) is 3.71. The van der Waals surface area contributed by atoms with Crippen molar-refractivity contribution < 1.29 is 18.3 Å². The summed E-state index contributed by atoms with van der Waals surface area (Å²) in [7, 11) is -3.68. The SMILES string of the molecule is Cc1ccsc1CNS(=O)(=O)c1cc(C)c(C(=O)O)s1. The summed E-state index contributed by atoms with van der Waals surface area (Å²) in [4.78, 5) is 11.9. The maximum absolute atomic E-state index is 12.1. The summed E-state index contributed by atoms with van der Waals surface area (Å²) in [5, 5.41) is 10.9. The lowest BCUT2D eigenvalue weighted by molar-refractivity contribution is 0.0701. The van der Waals surface area contributed by atoms with Gasteiger partial charge in [-0.05, 0) is 42.5 Å². The van der Waals surface area contributed by atoms with Gasteiger partial charge in [0.05, 0.1) is 0 Å². The Bertz CT molecular complexity index is 743. The number of carboxylic acid groups (broad SMARTS) is 1. The smallest absolute Gasteiger partial charge is 0.346 e. The first-order valence-corrected chi connectivity index (χ1v) is 8.85. The van der Waals surface area contributed by atoms with E-state index >= 15 is 0 Å². The second-order valence-corrected chi connectivity index (χ2v) is 8.28. The standard InChI is InChI=1S/C12H13NO4S3/c1-7-3-4-18-9(7)6-13-20(16,17)10-5-8(2)11(19-10)12(14)15/h3-5,13H,6H2,1-2H3,(H,14,15). The molecule has 2 rings (SSSR count). The van der Waals surface area contributed by atoms with Crippen molar-refractivity contribution in [1.29, 1.82) is 0 Å². The number of aromatic carboxylic acids is 1. The van der Waals surface area contributed by atoms with E-state index in [2.05, 4.69) is 4.72 Å². The number of sulfonamides is 1. The Morgan fingerprint density at radius 3 is 2.55 bits per heavy atom. The molecule has 0 saturated heterocycles. The first kappa shape index (κ1) is 15.2. The number of carbonyl (C=O) groups is 1. The molecule has 0 bridgehead atoms. The highest BCUT2D eigenvalue weighted by Crippen LogP contribution is 2.26. The molecule has 0 aliphatic rings. The molecule has 0 atom stereocenters. The average molecular weight is 331 g/mol. The third-order valence-corrected chi connectivity index (χ3v) is 6.87. The third-order valence-electron chi connectivity index (χ3n) is 2.75. The summed E-state index contributed by atoms with van der Waals surface area (Å²) in [6, 6.07) is 3.31. The number of hydrogen-bond acceptors (Lipinski definition) is 5. The molecule has 0 aliphatic carbocycles. The Morgan fingerprint density at radius 1 is 1.35 bits per heavy atom. The molecule has 20 heavy (non-hydrogen) atoms. The van der Waals surface area contributed by atoms with Gasteiger partial charge in [0.15, 0.2) is 0 Å². The lowest BCUT2D eigenvalue weighted by Gasteiger charge is -2.03. The molecule has 0 spiro atoms. The van der Waals surface area contributed by atoms with Gasteiger partial charge in [0.25, 0.3) is 0 Å². The van der Waals surface area contributed by atoms with E-state index < -0.39 is 16.0 Å². The van der Waals surface area contributed by atoms with Crippen LogP contribution in [0.15, 0.2) is 21.7 Å². The molecular weight excluding hydrogens is 318 g/mol. The van der Waals surface area contributed by atoms with Crippen LogP contribution in [0.4, 0.5) is 0 Å². The largest absolute Gasteiger partial charge is 0.477 e. The minimum atomic E-state index is -3.68. The topological polar surface area (TPSA) is 83.5 Å². The molecule has 2 aromatic heterocycles. The zero-order valence-electron chi connectivity index (χ0n) is 10.8. The first-order valence-electron chi connectivity index (χ1n) is 5.67. The Morgan fingerprint density at radius 2 is 2.05 bits per heavy atom. The number of aryl methyl sites for hydroxylation is 2. The fraction of sp³-hybridized carbons (Fsp3) is 0.250. The molecule has 2 N–H and O–H groups in total. The first-order chi connectivity index (χ1) is 9.31. The van der Waals surface area contributed by atoms with Crippen LogP contribution in [0.3, 0.4) is 0 Å². The highest BCUT2D eigenvalue weighted by molar-refractivity contribution is 7.91. The highest BCUT2D eigenvalue weighted by Gasteiger charge is 2.21. The van der Waals surface area contributed by atoms with Gasteiger partial charge in [-0.15, -0.1) is 22.7 Å². The predicted molar refractivity (Wildman–Crippen MR) is 79.1 cm³/mol. The van der Waals surface area contributed by atoms with Crippen LogP contribution >= 0.6 is 22.7 Å². The molecule has 0 unspecified atom stereocenters. The lowest BCUT2D eigenvalue weighted by atomic mass is 10.3. The van der Waals surface area contributed by atoms with E-state index in [0.717, 1.165) is 21.8 Å². The van der Waals surface area contributed by atoms with Crippen molar-refractivity contribution in [3.05, 3.63) is 38.4 Å². The minimum Gasteiger partial charge on any atom is -0.477 e. The molecule has 0 amide bonds. The van der Waals surface area contributed by atoms with E-state index in [9.17, 15) is 13.2 Å². The van der Waals surface area contributed by atoms with Gasteiger partial charge >= 0.3 is 5.97 Å². The summed E-state index contributed by atoms with van der Waals surface area (Å²) in [5.41, 5.74) is 1.49. The number of thiophene rings is 2. The van der Waals surface area contributed by atoms with Gasteiger partial charge in [-0.2, -0.15) is 0 Å². The molecule has 8 heteroatoms.